The van der Waals surface area contributed by atoms with Crippen LogP contribution in [0.15, 0.2) is 0 Å². The highest BCUT2D eigenvalue weighted by Gasteiger charge is 2.82. The number of esters is 1. The third kappa shape index (κ3) is 3.48. The molecule has 36 heavy (non-hydrogen) atoms. The van der Waals surface area contributed by atoms with Crippen LogP contribution in [-0.4, -0.2) is 34.0 Å². The Morgan fingerprint density at radius 1 is 0.917 bits per heavy atom. The standard InChI is InChI=1S/C32H54O4/c1-20(9-12-25(34)28(5,6)35)22-13-15-30(8)24-11-10-23-27(3,4)26(36-21(2)33)14-16-31(23)19-32(24,31)18-17-29(22,30)7/h20,22-26,34-35H,9-19H2,1-8H3/t20-,22-,23+,24?,25?,26?,29?,30+,31?,32?/m1/s1. The first-order valence-electron chi connectivity index (χ1n) is 15.1. The van der Waals surface area contributed by atoms with Gasteiger partial charge in [0.2, 0.25) is 0 Å². The summed E-state index contributed by atoms with van der Waals surface area (Å²) in [5.74, 6) is 2.65. The first kappa shape index (κ1) is 27.0. The molecule has 5 fully saturated rings. The van der Waals surface area contributed by atoms with Crippen molar-refractivity contribution in [2.75, 3.05) is 0 Å². The number of aliphatic hydroxyl groups is 2. The van der Waals surface area contributed by atoms with Crippen LogP contribution in [0.2, 0.25) is 0 Å². The highest BCUT2D eigenvalue weighted by atomic mass is 16.5. The zero-order chi connectivity index (χ0) is 26.5. The molecule has 206 valence electrons. The van der Waals surface area contributed by atoms with E-state index >= 15 is 0 Å². The molecule has 10 atom stereocenters. The first-order valence-corrected chi connectivity index (χ1v) is 15.1. The summed E-state index contributed by atoms with van der Waals surface area (Å²) in [6.07, 6.45) is 12.8. The summed E-state index contributed by atoms with van der Waals surface area (Å²) in [6.45, 7) is 17.5. The van der Waals surface area contributed by atoms with E-state index in [1.54, 1.807) is 20.8 Å². The summed E-state index contributed by atoms with van der Waals surface area (Å²) in [5, 5.41) is 20.7. The summed E-state index contributed by atoms with van der Waals surface area (Å²) < 4.78 is 5.89. The minimum Gasteiger partial charge on any atom is -0.462 e. The molecule has 0 bridgehead atoms. The van der Waals surface area contributed by atoms with Gasteiger partial charge in [0.1, 0.15) is 6.10 Å². The molecule has 0 aromatic heterocycles. The Kier molecular flexibility index (Phi) is 6.14. The van der Waals surface area contributed by atoms with Crippen LogP contribution in [0.1, 0.15) is 126 Å². The van der Waals surface area contributed by atoms with E-state index in [4.69, 9.17) is 4.74 Å². The zero-order valence-electron chi connectivity index (χ0n) is 24.5. The molecule has 0 aromatic carbocycles. The van der Waals surface area contributed by atoms with E-state index in [0.717, 1.165) is 18.8 Å². The maximum Gasteiger partial charge on any atom is 0.302 e. The van der Waals surface area contributed by atoms with Gasteiger partial charge >= 0.3 is 5.97 Å². The normalized spacial score (nSPS) is 48.6. The van der Waals surface area contributed by atoms with Crippen molar-refractivity contribution in [2.45, 2.75) is 144 Å². The van der Waals surface area contributed by atoms with Crippen LogP contribution in [0.25, 0.3) is 0 Å². The summed E-state index contributed by atoms with van der Waals surface area (Å²) in [5.41, 5.74) is 0.784. The summed E-state index contributed by atoms with van der Waals surface area (Å²) in [7, 11) is 0. The topological polar surface area (TPSA) is 66.8 Å². The lowest BCUT2D eigenvalue weighted by molar-refractivity contribution is -0.181. The highest BCUT2D eigenvalue weighted by molar-refractivity contribution is 5.66. The minimum absolute atomic E-state index is 0.0636. The predicted molar refractivity (Wildman–Crippen MR) is 143 cm³/mol. The third-order valence-corrected chi connectivity index (χ3v) is 13.8. The molecule has 0 aromatic rings. The van der Waals surface area contributed by atoms with Crippen LogP contribution in [0.5, 0.6) is 0 Å². The number of hydrogen-bond acceptors (Lipinski definition) is 4. The lowest BCUT2D eigenvalue weighted by atomic mass is 9.41. The number of carbonyl (C=O) groups is 1. The maximum atomic E-state index is 11.8. The zero-order valence-corrected chi connectivity index (χ0v) is 24.5. The van der Waals surface area contributed by atoms with Crippen molar-refractivity contribution < 1.29 is 19.7 Å². The average Bonchev–Trinajstić information content (AvgIpc) is 3.35. The molecule has 2 spiro atoms. The highest BCUT2D eigenvalue weighted by Crippen LogP contribution is 2.89. The van der Waals surface area contributed by atoms with Crippen LogP contribution in [0, 0.1) is 50.7 Å². The Balaban J connectivity index is 1.35. The molecule has 0 aliphatic heterocycles. The van der Waals surface area contributed by atoms with E-state index in [0.29, 0.717) is 45.8 Å². The number of hydrogen-bond donors (Lipinski definition) is 2. The smallest absolute Gasteiger partial charge is 0.302 e. The molecule has 4 nitrogen and oxygen atoms in total. The van der Waals surface area contributed by atoms with Crippen molar-refractivity contribution in [3.63, 3.8) is 0 Å². The van der Waals surface area contributed by atoms with Crippen LogP contribution < -0.4 is 0 Å². The predicted octanol–water partition coefficient (Wildman–Crippen LogP) is 6.91. The van der Waals surface area contributed by atoms with Crippen LogP contribution in [0.3, 0.4) is 0 Å². The Morgan fingerprint density at radius 3 is 2.19 bits per heavy atom. The van der Waals surface area contributed by atoms with E-state index in [-0.39, 0.29) is 17.5 Å². The molecule has 0 heterocycles. The lowest BCUT2D eigenvalue weighted by Crippen LogP contribution is -2.58. The Hall–Kier alpha value is -0.610. The van der Waals surface area contributed by atoms with Gasteiger partial charge in [0.25, 0.3) is 0 Å². The molecule has 0 amide bonds. The first-order chi connectivity index (χ1) is 16.6. The van der Waals surface area contributed by atoms with Crippen molar-refractivity contribution in [1.29, 1.82) is 0 Å². The molecular weight excluding hydrogens is 448 g/mol. The molecule has 5 saturated carbocycles. The Morgan fingerprint density at radius 2 is 1.56 bits per heavy atom. The van der Waals surface area contributed by atoms with Gasteiger partial charge in [-0.3, -0.25) is 4.79 Å². The van der Waals surface area contributed by atoms with Crippen molar-refractivity contribution in [3.8, 4) is 0 Å². The van der Waals surface area contributed by atoms with E-state index in [1.807, 2.05) is 0 Å². The second-order valence-electron chi connectivity index (χ2n) is 15.8. The van der Waals surface area contributed by atoms with Gasteiger partial charge in [-0.05, 0) is 130 Å². The van der Waals surface area contributed by atoms with Gasteiger partial charge in [-0.2, -0.15) is 0 Å². The van der Waals surface area contributed by atoms with Crippen LogP contribution >= 0.6 is 0 Å². The monoisotopic (exact) mass is 502 g/mol. The molecule has 5 aliphatic carbocycles. The van der Waals surface area contributed by atoms with Crippen molar-refractivity contribution >= 4 is 5.97 Å². The molecule has 4 heteroatoms. The van der Waals surface area contributed by atoms with E-state index < -0.39 is 11.7 Å². The minimum atomic E-state index is -1.02. The van der Waals surface area contributed by atoms with Crippen LogP contribution in [-0.2, 0) is 9.53 Å². The fourth-order valence-electron chi connectivity index (χ4n) is 11.7. The fourth-order valence-corrected chi connectivity index (χ4v) is 11.7. The molecule has 0 radical (unpaired) electrons. The van der Waals surface area contributed by atoms with Gasteiger partial charge < -0.3 is 14.9 Å². The number of aliphatic hydroxyl groups excluding tert-OH is 1. The van der Waals surface area contributed by atoms with Crippen molar-refractivity contribution in [1.82, 2.24) is 0 Å². The molecule has 5 aliphatic rings. The summed E-state index contributed by atoms with van der Waals surface area (Å²) >= 11 is 0. The van der Waals surface area contributed by atoms with E-state index in [2.05, 4.69) is 34.6 Å². The van der Waals surface area contributed by atoms with Gasteiger partial charge in [-0.15, -0.1) is 0 Å². The van der Waals surface area contributed by atoms with Gasteiger partial charge in [-0.1, -0.05) is 34.6 Å². The average molecular weight is 503 g/mol. The third-order valence-electron chi connectivity index (χ3n) is 13.8. The Labute approximate surface area is 220 Å². The number of ether oxygens (including phenoxy) is 1. The van der Waals surface area contributed by atoms with Gasteiger partial charge in [0, 0.05) is 12.3 Å². The van der Waals surface area contributed by atoms with Crippen molar-refractivity contribution in [2.24, 2.45) is 50.7 Å². The van der Waals surface area contributed by atoms with Gasteiger partial charge in [0.05, 0.1) is 11.7 Å². The molecule has 0 saturated heterocycles. The van der Waals surface area contributed by atoms with E-state index in [9.17, 15) is 15.0 Å². The second kappa shape index (κ2) is 8.20. The Bertz CT molecular complexity index is 889. The summed E-state index contributed by atoms with van der Waals surface area (Å²) in [6, 6.07) is 0. The van der Waals surface area contributed by atoms with Crippen molar-refractivity contribution in [3.05, 3.63) is 0 Å². The molecular formula is C32H54O4. The SMILES string of the molecule is CC(=O)OC1CCC23CC24CCC2(C)[C@@H]([C@H](C)CCC(O)C(C)(C)O)CC[C@@]2(C)C4CC[C@H]3C1(C)C. The van der Waals surface area contributed by atoms with Gasteiger partial charge in [0.15, 0.2) is 0 Å². The lowest BCUT2D eigenvalue weighted by Gasteiger charge is -2.63. The maximum absolute atomic E-state index is 11.8. The second-order valence-corrected chi connectivity index (χ2v) is 15.8. The fraction of sp³-hybridized carbons (Fsp3) is 0.969. The number of rotatable bonds is 6. The van der Waals surface area contributed by atoms with Gasteiger partial charge in [-0.25, -0.2) is 0 Å². The molecule has 5 rings (SSSR count). The van der Waals surface area contributed by atoms with E-state index in [1.165, 1.54) is 51.4 Å². The molecule has 6 unspecified atom stereocenters. The van der Waals surface area contributed by atoms with Crippen LogP contribution in [0.4, 0.5) is 0 Å². The summed E-state index contributed by atoms with van der Waals surface area (Å²) in [4.78, 5) is 11.8. The number of carbonyl (C=O) groups excluding carboxylic acids is 1. The number of fused-ring (bicyclic) bond motifs is 2. The largest absolute Gasteiger partial charge is 0.462 e. The molecule has 2 N–H and O–H groups in total. The quantitative estimate of drug-likeness (QED) is 0.388.